The molecule has 0 saturated carbocycles. The largest absolute Gasteiger partial charge is 0.459 e. The smallest absolute Gasteiger partial charge is 0.416 e. The quantitative estimate of drug-likeness (QED) is 0.441. The lowest BCUT2D eigenvalue weighted by molar-refractivity contribution is -0.140. The van der Waals surface area contributed by atoms with Gasteiger partial charge < -0.3 is 4.74 Å². The molecule has 0 aliphatic rings. The first-order valence-electron chi connectivity index (χ1n) is 8.56. The van der Waals surface area contributed by atoms with E-state index in [2.05, 4.69) is 15.1 Å². The third-order valence-electron chi connectivity index (χ3n) is 3.66. The van der Waals surface area contributed by atoms with E-state index >= 15 is 0 Å². The maximum atomic E-state index is 13.1. The fraction of sp³-hybridized carbons (Fsp3) is 0.263. The molecule has 0 aliphatic heterocycles. The molecule has 0 aliphatic carbocycles. The summed E-state index contributed by atoms with van der Waals surface area (Å²) in [4.78, 5) is 20.6. The highest BCUT2D eigenvalue weighted by Crippen LogP contribution is 2.32. The maximum absolute atomic E-state index is 13.1. The van der Waals surface area contributed by atoms with Gasteiger partial charge in [-0.2, -0.15) is 13.2 Å². The summed E-state index contributed by atoms with van der Waals surface area (Å²) >= 11 is 1.25. The second kappa shape index (κ2) is 8.16. The average molecular weight is 422 g/mol. The van der Waals surface area contributed by atoms with Crippen LogP contribution in [-0.4, -0.2) is 31.8 Å². The van der Waals surface area contributed by atoms with Crippen LogP contribution in [0.25, 0.3) is 23.2 Å². The summed E-state index contributed by atoms with van der Waals surface area (Å²) in [5, 5.41) is 6.33. The number of rotatable bonds is 5. The van der Waals surface area contributed by atoms with Crippen LogP contribution in [-0.2, 0) is 15.7 Å². The van der Waals surface area contributed by atoms with Crippen molar-refractivity contribution in [3.8, 4) is 11.4 Å². The van der Waals surface area contributed by atoms with Crippen LogP contribution in [0.4, 0.5) is 13.2 Å². The molecular weight excluding hydrogens is 405 g/mol. The van der Waals surface area contributed by atoms with E-state index in [9.17, 15) is 18.0 Å². The number of benzene rings is 1. The number of hydrogen-bond acceptors (Lipinski definition) is 6. The molecule has 0 fully saturated rings. The number of nitrogens with zero attached hydrogens (tertiary/aromatic N) is 4. The number of halogens is 3. The first-order chi connectivity index (χ1) is 13.6. The summed E-state index contributed by atoms with van der Waals surface area (Å²) in [6, 6.07) is 3.61. The number of hydrogen-bond donors (Lipinski definition) is 0. The summed E-state index contributed by atoms with van der Waals surface area (Å²) < 4.78 is 45.7. The summed E-state index contributed by atoms with van der Waals surface area (Å²) in [7, 11) is 0. The third kappa shape index (κ3) is 5.08. The van der Waals surface area contributed by atoms with Crippen molar-refractivity contribution in [3.05, 3.63) is 52.2 Å². The van der Waals surface area contributed by atoms with Crippen molar-refractivity contribution < 1.29 is 22.7 Å². The van der Waals surface area contributed by atoms with E-state index in [1.165, 1.54) is 28.5 Å². The molecule has 10 heteroatoms. The normalized spacial score (nSPS) is 12.4. The van der Waals surface area contributed by atoms with E-state index in [1.807, 2.05) is 0 Å². The molecule has 1 aromatic carbocycles. The molecule has 0 saturated heterocycles. The number of thiazole rings is 1. The van der Waals surface area contributed by atoms with Gasteiger partial charge in [-0.05, 0) is 44.5 Å². The molecule has 3 aromatic rings. The Bertz CT molecular complexity index is 1040. The molecule has 0 bridgehead atoms. The van der Waals surface area contributed by atoms with Crippen molar-refractivity contribution in [3.63, 3.8) is 0 Å². The van der Waals surface area contributed by atoms with E-state index in [-0.39, 0.29) is 23.1 Å². The van der Waals surface area contributed by atoms with E-state index in [1.54, 1.807) is 38.4 Å². The van der Waals surface area contributed by atoms with Gasteiger partial charge in [-0.3, -0.25) is 0 Å². The highest BCUT2D eigenvalue weighted by Gasteiger charge is 2.31. The minimum absolute atomic E-state index is 0.103. The molecule has 0 radical (unpaired) electrons. The van der Waals surface area contributed by atoms with Gasteiger partial charge in [-0.15, -0.1) is 16.4 Å². The van der Waals surface area contributed by atoms with Gasteiger partial charge in [-0.25, -0.2) is 19.4 Å². The van der Waals surface area contributed by atoms with Crippen LogP contribution < -0.4 is 0 Å². The summed E-state index contributed by atoms with van der Waals surface area (Å²) in [6.07, 6.45) is -0.552. The summed E-state index contributed by atoms with van der Waals surface area (Å²) in [6.45, 7) is 5.01. The highest BCUT2D eigenvalue weighted by molar-refractivity contribution is 7.11. The molecule has 3 rings (SSSR count). The minimum atomic E-state index is -4.47. The number of carbonyl (C=O) groups is 1. The second-order valence-electron chi connectivity index (χ2n) is 6.47. The van der Waals surface area contributed by atoms with Gasteiger partial charge in [0.15, 0.2) is 5.82 Å². The van der Waals surface area contributed by atoms with Crippen molar-refractivity contribution in [2.45, 2.75) is 33.1 Å². The number of esters is 1. The number of alkyl halides is 3. The molecule has 2 aromatic heterocycles. The minimum Gasteiger partial charge on any atom is -0.459 e. The zero-order valence-electron chi connectivity index (χ0n) is 15.8. The third-order valence-corrected chi connectivity index (χ3v) is 4.46. The number of aryl methyl sites for hydroxylation is 1. The average Bonchev–Trinajstić information content (AvgIpc) is 3.29. The van der Waals surface area contributed by atoms with Gasteiger partial charge >= 0.3 is 12.1 Å². The van der Waals surface area contributed by atoms with Crippen LogP contribution in [0.2, 0.25) is 0 Å². The van der Waals surface area contributed by atoms with E-state index in [4.69, 9.17) is 4.74 Å². The van der Waals surface area contributed by atoms with Gasteiger partial charge in [-0.1, -0.05) is 0 Å². The molecule has 0 amide bonds. The standard InChI is InChI=1S/C19H17F3N4O2S/c1-11(2)28-18(27)15(17-23-4-5-29-17)9-26-10-24-16(25-26)13-6-12(3)7-14(8-13)19(20,21)22/h4-11H,1-3H3/b15-9-. The Labute approximate surface area is 168 Å². The molecule has 0 spiro atoms. The molecule has 29 heavy (non-hydrogen) atoms. The summed E-state index contributed by atoms with van der Waals surface area (Å²) in [5.41, 5.74) is 0.0597. The Kier molecular flexibility index (Phi) is 5.83. The lowest BCUT2D eigenvalue weighted by atomic mass is 10.1. The lowest BCUT2D eigenvalue weighted by Gasteiger charge is -2.09. The monoisotopic (exact) mass is 422 g/mol. The Balaban J connectivity index is 1.98. The predicted molar refractivity (Wildman–Crippen MR) is 103 cm³/mol. The van der Waals surface area contributed by atoms with Gasteiger partial charge in [0, 0.05) is 23.3 Å². The Morgan fingerprint density at radius 1 is 1.24 bits per heavy atom. The molecular formula is C19H17F3N4O2S. The topological polar surface area (TPSA) is 69.9 Å². The molecule has 2 heterocycles. The Morgan fingerprint density at radius 3 is 2.62 bits per heavy atom. The number of aromatic nitrogens is 4. The van der Waals surface area contributed by atoms with Crippen LogP contribution in [0.1, 0.15) is 30.0 Å². The van der Waals surface area contributed by atoms with Crippen LogP contribution >= 0.6 is 11.3 Å². The first-order valence-corrected chi connectivity index (χ1v) is 9.44. The van der Waals surface area contributed by atoms with Crippen LogP contribution in [0.5, 0.6) is 0 Å². The van der Waals surface area contributed by atoms with Gasteiger partial charge in [0.2, 0.25) is 0 Å². The zero-order chi connectivity index (χ0) is 21.2. The van der Waals surface area contributed by atoms with Crippen molar-refractivity contribution in [1.82, 2.24) is 19.7 Å². The van der Waals surface area contributed by atoms with Crippen LogP contribution in [0.15, 0.2) is 36.1 Å². The summed E-state index contributed by atoms with van der Waals surface area (Å²) in [5.74, 6) is -0.479. The van der Waals surface area contributed by atoms with Crippen molar-refractivity contribution in [2.24, 2.45) is 0 Å². The molecule has 0 unspecified atom stereocenters. The predicted octanol–water partition coefficient (Wildman–Crippen LogP) is 4.68. The molecule has 0 atom stereocenters. The maximum Gasteiger partial charge on any atom is 0.416 e. The van der Waals surface area contributed by atoms with Gasteiger partial charge in [0.25, 0.3) is 0 Å². The Hall–Kier alpha value is -3.01. The van der Waals surface area contributed by atoms with Crippen LogP contribution in [0.3, 0.4) is 0 Å². The SMILES string of the molecule is Cc1cc(-c2ncn(/C=C(\C(=O)OC(C)C)c3nccs3)n2)cc(C(F)(F)F)c1. The fourth-order valence-electron chi connectivity index (χ4n) is 2.51. The molecule has 0 N–H and O–H groups in total. The van der Waals surface area contributed by atoms with Gasteiger partial charge in [0.05, 0.1) is 11.7 Å². The number of ether oxygens (including phenoxy) is 1. The second-order valence-corrected chi connectivity index (χ2v) is 7.36. The lowest BCUT2D eigenvalue weighted by Crippen LogP contribution is -2.13. The first kappa shape index (κ1) is 20.7. The fourth-order valence-corrected chi connectivity index (χ4v) is 3.14. The zero-order valence-corrected chi connectivity index (χ0v) is 16.6. The molecule has 152 valence electrons. The van der Waals surface area contributed by atoms with Crippen LogP contribution in [0, 0.1) is 6.92 Å². The Morgan fingerprint density at radius 2 is 2.00 bits per heavy atom. The highest BCUT2D eigenvalue weighted by atomic mass is 32.1. The van der Waals surface area contributed by atoms with E-state index in [0.717, 1.165) is 12.1 Å². The van der Waals surface area contributed by atoms with E-state index < -0.39 is 17.7 Å². The van der Waals surface area contributed by atoms with Crippen molar-refractivity contribution >= 4 is 29.1 Å². The molecule has 6 nitrogen and oxygen atoms in total. The van der Waals surface area contributed by atoms with Crippen molar-refractivity contribution in [1.29, 1.82) is 0 Å². The van der Waals surface area contributed by atoms with Gasteiger partial charge in [0.1, 0.15) is 16.9 Å². The van der Waals surface area contributed by atoms with E-state index in [0.29, 0.717) is 10.6 Å². The van der Waals surface area contributed by atoms with Crippen molar-refractivity contribution in [2.75, 3.05) is 0 Å². The number of carbonyl (C=O) groups excluding carboxylic acids is 1.